The molecule has 0 bridgehead atoms. The van der Waals surface area contributed by atoms with Crippen LogP contribution in [0.5, 0.6) is 0 Å². The molecule has 0 amide bonds. The van der Waals surface area contributed by atoms with E-state index in [0.29, 0.717) is 0 Å². The molecule has 0 aliphatic carbocycles. The van der Waals surface area contributed by atoms with Crippen molar-refractivity contribution >= 4 is 8.88 Å². The Bertz CT molecular complexity index is 130. The molecule has 0 aliphatic heterocycles. The zero-order valence-corrected chi connectivity index (χ0v) is 10.9. The first-order valence-electron chi connectivity index (χ1n) is 5.43. The minimum Gasteiger partial charge on any atom is -0.374 e. The van der Waals surface area contributed by atoms with Crippen molar-refractivity contribution in [2.45, 2.75) is 33.6 Å². The molecule has 0 spiro atoms. The average Bonchev–Trinajstić information content (AvgIpc) is 2.19. The maximum absolute atomic E-state index is 5.79. The lowest BCUT2D eigenvalue weighted by Crippen LogP contribution is -2.66. The normalized spacial score (nSPS) is 12.0. The van der Waals surface area contributed by atoms with E-state index in [1.807, 2.05) is 0 Å². The molecular weight excluding hydrogens is 196 g/mol. The van der Waals surface area contributed by atoms with E-state index >= 15 is 0 Å². The SMILES string of the molecule is CCCCO[Si](NCC)(NCC)OC. The quantitative estimate of drug-likeness (QED) is 0.451. The maximum Gasteiger partial charge on any atom is 0.516 e. The fourth-order valence-corrected chi connectivity index (χ4v) is 3.29. The van der Waals surface area contributed by atoms with Crippen LogP contribution in [-0.4, -0.2) is 35.7 Å². The summed E-state index contributed by atoms with van der Waals surface area (Å²) in [4.78, 5) is 6.58. The van der Waals surface area contributed by atoms with E-state index < -0.39 is 8.88 Å². The van der Waals surface area contributed by atoms with Crippen LogP contribution < -0.4 is 9.96 Å². The Labute approximate surface area is 88.8 Å². The van der Waals surface area contributed by atoms with Gasteiger partial charge < -0.3 is 8.85 Å². The summed E-state index contributed by atoms with van der Waals surface area (Å²) < 4.78 is 11.3. The van der Waals surface area contributed by atoms with Gasteiger partial charge in [-0.15, -0.1) is 0 Å². The summed E-state index contributed by atoms with van der Waals surface area (Å²) in [6.07, 6.45) is 2.22. The maximum atomic E-state index is 5.79. The molecule has 14 heavy (non-hydrogen) atoms. The van der Waals surface area contributed by atoms with Gasteiger partial charge in [0, 0.05) is 13.7 Å². The molecule has 5 heteroatoms. The zero-order valence-electron chi connectivity index (χ0n) is 9.85. The van der Waals surface area contributed by atoms with Crippen molar-refractivity contribution in [2.75, 3.05) is 26.8 Å². The predicted octanol–water partition coefficient (Wildman–Crippen LogP) is 1.10. The Kier molecular flexibility index (Phi) is 8.41. The molecular formula is C9H24N2O2Si. The lowest BCUT2D eigenvalue weighted by molar-refractivity contribution is 0.173. The van der Waals surface area contributed by atoms with Crippen LogP contribution in [0.4, 0.5) is 0 Å². The smallest absolute Gasteiger partial charge is 0.374 e. The van der Waals surface area contributed by atoms with Crippen molar-refractivity contribution in [2.24, 2.45) is 0 Å². The average molecular weight is 220 g/mol. The van der Waals surface area contributed by atoms with E-state index in [-0.39, 0.29) is 0 Å². The molecule has 0 aromatic carbocycles. The Morgan fingerprint density at radius 2 is 1.64 bits per heavy atom. The van der Waals surface area contributed by atoms with E-state index in [4.69, 9.17) is 8.85 Å². The number of unbranched alkanes of at least 4 members (excludes halogenated alkanes) is 1. The summed E-state index contributed by atoms with van der Waals surface area (Å²) in [6, 6.07) is 0. The number of hydrogen-bond donors (Lipinski definition) is 2. The zero-order chi connectivity index (χ0) is 10.9. The van der Waals surface area contributed by atoms with Crippen LogP contribution in [0.25, 0.3) is 0 Å². The van der Waals surface area contributed by atoms with Gasteiger partial charge in [-0.25, -0.2) is 0 Å². The van der Waals surface area contributed by atoms with Gasteiger partial charge in [-0.05, 0) is 19.5 Å². The lowest BCUT2D eigenvalue weighted by atomic mass is 10.4. The van der Waals surface area contributed by atoms with Gasteiger partial charge in [0.2, 0.25) is 0 Å². The third-order valence-corrected chi connectivity index (χ3v) is 4.73. The van der Waals surface area contributed by atoms with E-state index in [2.05, 4.69) is 30.7 Å². The second kappa shape index (κ2) is 8.37. The lowest BCUT2D eigenvalue weighted by Gasteiger charge is -2.28. The number of nitrogens with one attached hydrogen (secondary N) is 2. The van der Waals surface area contributed by atoms with Crippen molar-refractivity contribution in [3.8, 4) is 0 Å². The standard InChI is InChI=1S/C9H24N2O2Si/c1-5-8-9-13-14(12-4,10-6-2)11-7-3/h10-11H,5-9H2,1-4H3. The Morgan fingerprint density at radius 3 is 2.00 bits per heavy atom. The summed E-state index contributed by atoms with van der Waals surface area (Å²) in [6.45, 7) is 8.75. The summed E-state index contributed by atoms with van der Waals surface area (Å²) >= 11 is 0. The molecule has 0 radical (unpaired) electrons. The van der Waals surface area contributed by atoms with Gasteiger partial charge in [-0.3, -0.25) is 9.96 Å². The van der Waals surface area contributed by atoms with Crippen molar-refractivity contribution in [1.82, 2.24) is 9.96 Å². The van der Waals surface area contributed by atoms with Gasteiger partial charge >= 0.3 is 8.88 Å². The molecule has 0 saturated carbocycles. The minimum atomic E-state index is -2.31. The molecule has 0 saturated heterocycles. The second-order valence-corrected chi connectivity index (χ2v) is 5.72. The van der Waals surface area contributed by atoms with Crippen LogP contribution >= 0.6 is 0 Å². The summed E-state index contributed by atoms with van der Waals surface area (Å²) in [5.74, 6) is 0. The molecule has 0 unspecified atom stereocenters. The van der Waals surface area contributed by atoms with Crippen LogP contribution in [0.1, 0.15) is 33.6 Å². The highest BCUT2D eigenvalue weighted by molar-refractivity contribution is 6.62. The summed E-state index contributed by atoms with van der Waals surface area (Å²) in [5, 5.41) is 0. The predicted molar refractivity (Wildman–Crippen MR) is 61.0 cm³/mol. The first-order chi connectivity index (χ1) is 6.74. The summed E-state index contributed by atoms with van der Waals surface area (Å²) in [5.41, 5.74) is 0. The van der Waals surface area contributed by atoms with E-state index in [0.717, 1.165) is 32.5 Å². The van der Waals surface area contributed by atoms with Gasteiger partial charge in [0.25, 0.3) is 0 Å². The van der Waals surface area contributed by atoms with Gasteiger partial charge in [-0.1, -0.05) is 27.2 Å². The first kappa shape index (κ1) is 14.1. The van der Waals surface area contributed by atoms with Crippen LogP contribution in [0.2, 0.25) is 0 Å². The number of hydrogen-bond acceptors (Lipinski definition) is 4. The molecule has 0 aliphatic rings. The second-order valence-electron chi connectivity index (χ2n) is 3.08. The molecule has 2 N–H and O–H groups in total. The highest BCUT2D eigenvalue weighted by Crippen LogP contribution is 2.00. The van der Waals surface area contributed by atoms with Crippen LogP contribution in [0.15, 0.2) is 0 Å². The first-order valence-corrected chi connectivity index (χ1v) is 7.25. The largest absolute Gasteiger partial charge is 0.516 e. The third kappa shape index (κ3) is 5.07. The van der Waals surface area contributed by atoms with Gasteiger partial charge in [0.05, 0.1) is 0 Å². The van der Waals surface area contributed by atoms with Crippen molar-refractivity contribution < 1.29 is 8.85 Å². The number of rotatable bonds is 9. The third-order valence-electron chi connectivity index (χ3n) is 1.91. The molecule has 0 atom stereocenters. The fraction of sp³-hybridized carbons (Fsp3) is 1.00. The van der Waals surface area contributed by atoms with Crippen LogP contribution in [-0.2, 0) is 8.85 Å². The molecule has 86 valence electrons. The van der Waals surface area contributed by atoms with E-state index in [9.17, 15) is 0 Å². The Balaban J connectivity index is 4.03. The molecule has 0 aromatic rings. The van der Waals surface area contributed by atoms with Crippen LogP contribution in [0, 0.1) is 0 Å². The Hall–Kier alpha value is 0.0569. The molecule has 0 fully saturated rings. The highest BCUT2D eigenvalue weighted by atomic mass is 28.4. The van der Waals surface area contributed by atoms with Crippen LogP contribution in [0.3, 0.4) is 0 Å². The highest BCUT2D eigenvalue weighted by Gasteiger charge is 2.36. The Morgan fingerprint density at radius 1 is 1.07 bits per heavy atom. The van der Waals surface area contributed by atoms with Crippen molar-refractivity contribution in [3.05, 3.63) is 0 Å². The van der Waals surface area contributed by atoms with E-state index in [1.54, 1.807) is 7.11 Å². The molecule has 0 rings (SSSR count). The summed E-state index contributed by atoms with van der Waals surface area (Å²) in [7, 11) is -0.609. The minimum absolute atomic E-state index is 0.760. The van der Waals surface area contributed by atoms with Crippen molar-refractivity contribution in [3.63, 3.8) is 0 Å². The molecule has 0 aromatic heterocycles. The van der Waals surface area contributed by atoms with Crippen molar-refractivity contribution in [1.29, 1.82) is 0 Å². The van der Waals surface area contributed by atoms with Gasteiger partial charge in [-0.2, -0.15) is 0 Å². The monoisotopic (exact) mass is 220 g/mol. The molecule has 4 nitrogen and oxygen atoms in total. The van der Waals surface area contributed by atoms with Gasteiger partial charge in [0.1, 0.15) is 0 Å². The van der Waals surface area contributed by atoms with Gasteiger partial charge in [0.15, 0.2) is 0 Å². The van der Waals surface area contributed by atoms with E-state index in [1.165, 1.54) is 0 Å². The fourth-order valence-electron chi connectivity index (χ4n) is 1.19. The topological polar surface area (TPSA) is 42.5 Å². The molecule has 0 heterocycles.